The summed E-state index contributed by atoms with van der Waals surface area (Å²) in [7, 11) is 0. The van der Waals surface area contributed by atoms with Crippen molar-refractivity contribution in [3.63, 3.8) is 0 Å². The SMILES string of the molecule is Cc1ccc(Cl)cc1NC(=O)c1cc(Nc2ccccc2)ncn1. The largest absolute Gasteiger partial charge is 0.340 e. The second-order valence-corrected chi connectivity index (χ2v) is 5.63. The molecule has 0 aliphatic carbocycles. The van der Waals surface area contributed by atoms with E-state index in [2.05, 4.69) is 20.6 Å². The Balaban J connectivity index is 1.78. The standard InChI is InChI=1S/C18H15ClN4O/c1-12-7-8-13(19)9-15(12)23-18(24)16-10-17(21-11-20-16)22-14-5-3-2-4-6-14/h2-11H,1H3,(H,23,24)(H,20,21,22). The second-order valence-electron chi connectivity index (χ2n) is 5.19. The van der Waals surface area contributed by atoms with Crippen molar-refractivity contribution in [2.75, 3.05) is 10.6 Å². The first-order valence-electron chi connectivity index (χ1n) is 7.33. The predicted molar refractivity (Wildman–Crippen MR) is 95.9 cm³/mol. The van der Waals surface area contributed by atoms with Gasteiger partial charge in [-0.3, -0.25) is 4.79 Å². The summed E-state index contributed by atoms with van der Waals surface area (Å²) in [6.45, 7) is 1.90. The summed E-state index contributed by atoms with van der Waals surface area (Å²) >= 11 is 5.97. The summed E-state index contributed by atoms with van der Waals surface area (Å²) in [6, 6.07) is 16.5. The molecule has 3 aromatic rings. The van der Waals surface area contributed by atoms with E-state index in [0.29, 0.717) is 16.5 Å². The van der Waals surface area contributed by atoms with E-state index >= 15 is 0 Å². The van der Waals surface area contributed by atoms with Crippen LogP contribution in [0.1, 0.15) is 16.1 Å². The third-order valence-electron chi connectivity index (χ3n) is 3.39. The van der Waals surface area contributed by atoms with Gasteiger partial charge in [-0.2, -0.15) is 0 Å². The van der Waals surface area contributed by atoms with Crippen LogP contribution in [0, 0.1) is 6.92 Å². The van der Waals surface area contributed by atoms with Crippen molar-refractivity contribution in [1.82, 2.24) is 9.97 Å². The Morgan fingerprint density at radius 2 is 1.83 bits per heavy atom. The molecule has 24 heavy (non-hydrogen) atoms. The van der Waals surface area contributed by atoms with Crippen LogP contribution >= 0.6 is 11.6 Å². The highest BCUT2D eigenvalue weighted by atomic mass is 35.5. The molecule has 6 heteroatoms. The number of nitrogens with zero attached hydrogens (tertiary/aromatic N) is 2. The van der Waals surface area contributed by atoms with E-state index in [1.807, 2.05) is 43.3 Å². The number of carbonyl (C=O) groups is 1. The van der Waals surface area contributed by atoms with Crippen LogP contribution in [0.2, 0.25) is 5.02 Å². The van der Waals surface area contributed by atoms with Crippen LogP contribution in [-0.4, -0.2) is 15.9 Å². The average molecular weight is 339 g/mol. The first-order chi connectivity index (χ1) is 11.6. The van der Waals surface area contributed by atoms with Crippen molar-refractivity contribution in [2.45, 2.75) is 6.92 Å². The van der Waals surface area contributed by atoms with Crippen LogP contribution in [-0.2, 0) is 0 Å². The maximum absolute atomic E-state index is 12.4. The van der Waals surface area contributed by atoms with Gasteiger partial charge in [0.25, 0.3) is 5.91 Å². The van der Waals surface area contributed by atoms with Crippen LogP contribution in [0.15, 0.2) is 60.9 Å². The minimum absolute atomic E-state index is 0.266. The van der Waals surface area contributed by atoms with E-state index in [1.165, 1.54) is 6.33 Å². The highest BCUT2D eigenvalue weighted by Crippen LogP contribution is 2.21. The van der Waals surface area contributed by atoms with E-state index in [1.54, 1.807) is 18.2 Å². The molecule has 0 aliphatic rings. The highest BCUT2D eigenvalue weighted by molar-refractivity contribution is 6.31. The van der Waals surface area contributed by atoms with Gasteiger partial charge in [-0.05, 0) is 36.8 Å². The number of halogens is 1. The number of carbonyl (C=O) groups excluding carboxylic acids is 1. The van der Waals surface area contributed by atoms with E-state index in [4.69, 9.17) is 11.6 Å². The Kier molecular flexibility index (Phi) is 4.72. The van der Waals surface area contributed by atoms with E-state index < -0.39 is 0 Å². The summed E-state index contributed by atoms with van der Waals surface area (Å²) in [4.78, 5) is 20.6. The summed E-state index contributed by atoms with van der Waals surface area (Å²) in [6.07, 6.45) is 1.35. The van der Waals surface area contributed by atoms with Gasteiger partial charge in [0.1, 0.15) is 17.8 Å². The number of para-hydroxylation sites is 1. The number of aromatic nitrogens is 2. The number of nitrogens with one attached hydrogen (secondary N) is 2. The van der Waals surface area contributed by atoms with Gasteiger partial charge in [0, 0.05) is 22.5 Å². The molecule has 1 heterocycles. The Hall–Kier alpha value is -2.92. The number of hydrogen-bond donors (Lipinski definition) is 2. The van der Waals surface area contributed by atoms with Crippen LogP contribution < -0.4 is 10.6 Å². The van der Waals surface area contributed by atoms with Crippen molar-refractivity contribution in [3.05, 3.63) is 77.2 Å². The molecule has 0 saturated heterocycles. The quantitative estimate of drug-likeness (QED) is 0.738. The Labute approximate surface area is 144 Å². The predicted octanol–water partition coefficient (Wildman–Crippen LogP) is 4.43. The first kappa shape index (κ1) is 16.0. The maximum Gasteiger partial charge on any atom is 0.274 e. The average Bonchev–Trinajstić information content (AvgIpc) is 2.59. The number of amides is 1. The summed E-state index contributed by atoms with van der Waals surface area (Å²) in [5.41, 5.74) is 2.73. The lowest BCUT2D eigenvalue weighted by molar-refractivity contribution is 0.102. The molecule has 2 N–H and O–H groups in total. The van der Waals surface area contributed by atoms with Crippen molar-refractivity contribution in [1.29, 1.82) is 0 Å². The number of anilines is 3. The smallest absolute Gasteiger partial charge is 0.274 e. The number of aryl methyl sites for hydroxylation is 1. The third-order valence-corrected chi connectivity index (χ3v) is 3.63. The Bertz CT molecular complexity index is 868. The van der Waals surface area contributed by atoms with Gasteiger partial charge in [-0.1, -0.05) is 35.9 Å². The van der Waals surface area contributed by atoms with Crippen molar-refractivity contribution in [2.24, 2.45) is 0 Å². The van der Waals surface area contributed by atoms with Gasteiger partial charge in [0.05, 0.1) is 0 Å². The molecule has 0 saturated carbocycles. The van der Waals surface area contributed by atoms with Gasteiger partial charge < -0.3 is 10.6 Å². The molecule has 0 unspecified atom stereocenters. The zero-order valence-corrected chi connectivity index (χ0v) is 13.7. The molecule has 0 aliphatic heterocycles. The van der Waals surface area contributed by atoms with E-state index in [-0.39, 0.29) is 11.6 Å². The van der Waals surface area contributed by atoms with E-state index in [0.717, 1.165) is 11.3 Å². The lowest BCUT2D eigenvalue weighted by atomic mass is 10.2. The molecule has 0 radical (unpaired) electrons. The molecular weight excluding hydrogens is 324 g/mol. The topological polar surface area (TPSA) is 66.9 Å². The molecule has 0 bridgehead atoms. The van der Waals surface area contributed by atoms with Crippen LogP contribution in [0.3, 0.4) is 0 Å². The first-order valence-corrected chi connectivity index (χ1v) is 7.71. The molecule has 3 rings (SSSR count). The molecule has 2 aromatic carbocycles. The minimum Gasteiger partial charge on any atom is -0.340 e. The molecule has 0 fully saturated rings. The molecule has 0 atom stereocenters. The summed E-state index contributed by atoms with van der Waals surface area (Å²) < 4.78 is 0. The van der Waals surface area contributed by atoms with Crippen LogP contribution in [0.25, 0.3) is 0 Å². The Morgan fingerprint density at radius 1 is 1.04 bits per heavy atom. The highest BCUT2D eigenvalue weighted by Gasteiger charge is 2.11. The van der Waals surface area contributed by atoms with Gasteiger partial charge in [-0.25, -0.2) is 9.97 Å². The third kappa shape index (κ3) is 3.88. The molecule has 120 valence electrons. The summed E-state index contributed by atoms with van der Waals surface area (Å²) in [5, 5.41) is 6.51. The number of rotatable bonds is 4. The fraction of sp³-hybridized carbons (Fsp3) is 0.0556. The molecule has 5 nitrogen and oxygen atoms in total. The molecule has 0 spiro atoms. The molecular formula is C18H15ClN4O. The second kappa shape index (κ2) is 7.10. The van der Waals surface area contributed by atoms with Crippen molar-refractivity contribution < 1.29 is 4.79 Å². The van der Waals surface area contributed by atoms with Gasteiger partial charge in [-0.15, -0.1) is 0 Å². The molecule has 1 amide bonds. The molecule has 1 aromatic heterocycles. The fourth-order valence-electron chi connectivity index (χ4n) is 2.13. The Morgan fingerprint density at radius 3 is 2.62 bits per heavy atom. The maximum atomic E-state index is 12.4. The normalized spacial score (nSPS) is 10.2. The lowest BCUT2D eigenvalue weighted by Crippen LogP contribution is -2.15. The van der Waals surface area contributed by atoms with Crippen molar-refractivity contribution in [3.8, 4) is 0 Å². The van der Waals surface area contributed by atoms with Gasteiger partial charge in [0.2, 0.25) is 0 Å². The summed E-state index contributed by atoms with van der Waals surface area (Å²) in [5.74, 6) is 0.225. The zero-order valence-electron chi connectivity index (χ0n) is 13.0. The van der Waals surface area contributed by atoms with Gasteiger partial charge >= 0.3 is 0 Å². The van der Waals surface area contributed by atoms with Crippen LogP contribution in [0.5, 0.6) is 0 Å². The fourth-order valence-corrected chi connectivity index (χ4v) is 2.31. The van der Waals surface area contributed by atoms with E-state index in [9.17, 15) is 4.79 Å². The zero-order chi connectivity index (χ0) is 16.9. The number of benzene rings is 2. The number of hydrogen-bond acceptors (Lipinski definition) is 4. The lowest BCUT2D eigenvalue weighted by Gasteiger charge is -2.09. The van der Waals surface area contributed by atoms with Crippen molar-refractivity contribution >= 4 is 34.7 Å². The minimum atomic E-state index is -0.320. The monoisotopic (exact) mass is 338 g/mol. The van der Waals surface area contributed by atoms with Crippen LogP contribution in [0.4, 0.5) is 17.2 Å². The van der Waals surface area contributed by atoms with Gasteiger partial charge in [0.15, 0.2) is 0 Å².